The fraction of sp³-hybridized carbons (Fsp3) is 0.562. The van der Waals surface area contributed by atoms with Gasteiger partial charge in [-0.15, -0.1) is 0 Å². The van der Waals surface area contributed by atoms with Gasteiger partial charge in [0.2, 0.25) is 0 Å². The lowest BCUT2D eigenvalue weighted by atomic mass is 9.99. The molecule has 1 heterocycles. The second kappa shape index (κ2) is 10.0. The molecule has 0 saturated heterocycles. The Labute approximate surface area is 126 Å². The number of methoxy groups -OCH3 is 2. The normalized spacial score (nSPS) is 19.4. The molecule has 0 saturated carbocycles. The Morgan fingerprint density at radius 3 is 2.71 bits per heavy atom. The van der Waals surface area contributed by atoms with Crippen molar-refractivity contribution in [3.63, 3.8) is 0 Å². The van der Waals surface area contributed by atoms with Gasteiger partial charge in [-0.05, 0) is 12.5 Å². The minimum atomic E-state index is -0.0784. The van der Waals surface area contributed by atoms with Crippen LogP contribution in [0.3, 0.4) is 0 Å². The van der Waals surface area contributed by atoms with Gasteiger partial charge < -0.3 is 18.9 Å². The van der Waals surface area contributed by atoms with E-state index in [1.807, 2.05) is 6.92 Å². The monoisotopic (exact) mass is 296 g/mol. The molecule has 0 N–H and O–H groups in total. The van der Waals surface area contributed by atoms with Gasteiger partial charge in [-0.1, -0.05) is 6.92 Å². The van der Waals surface area contributed by atoms with E-state index in [0.717, 1.165) is 12.8 Å². The third kappa shape index (κ3) is 6.04. The fourth-order valence-electron chi connectivity index (χ4n) is 1.87. The van der Waals surface area contributed by atoms with Crippen LogP contribution < -0.4 is 0 Å². The van der Waals surface area contributed by atoms with E-state index in [-0.39, 0.29) is 11.9 Å². The summed E-state index contributed by atoms with van der Waals surface area (Å²) in [6, 6.07) is 0. The Bertz CT molecular complexity index is 409. The number of hydrogen-bond donors (Lipinski definition) is 0. The largest absolute Gasteiger partial charge is 0.504 e. The molecule has 1 rings (SSSR count). The Morgan fingerprint density at radius 1 is 1.24 bits per heavy atom. The molecule has 1 unspecified atom stereocenters. The second-order valence-corrected chi connectivity index (χ2v) is 4.61. The van der Waals surface area contributed by atoms with Crippen LogP contribution in [-0.4, -0.2) is 39.3 Å². The van der Waals surface area contributed by atoms with E-state index in [0.29, 0.717) is 31.0 Å². The van der Waals surface area contributed by atoms with Crippen LogP contribution >= 0.6 is 0 Å². The van der Waals surface area contributed by atoms with Gasteiger partial charge in [0.15, 0.2) is 5.78 Å². The average Bonchev–Trinajstić information content (AvgIpc) is 2.49. The third-order valence-electron chi connectivity index (χ3n) is 3.02. The van der Waals surface area contributed by atoms with Crippen molar-refractivity contribution in [1.29, 1.82) is 0 Å². The van der Waals surface area contributed by atoms with Crippen molar-refractivity contribution in [3.8, 4) is 0 Å². The molecule has 0 aliphatic carbocycles. The van der Waals surface area contributed by atoms with Crippen LogP contribution in [0.4, 0.5) is 0 Å². The van der Waals surface area contributed by atoms with Gasteiger partial charge >= 0.3 is 0 Å². The van der Waals surface area contributed by atoms with Gasteiger partial charge in [-0.2, -0.15) is 0 Å². The molecule has 1 aliphatic heterocycles. The predicted molar refractivity (Wildman–Crippen MR) is 79.5 cm³/mol. The molecule has 1 atom stereocenters. The molecule has 0 aromatic heterocycles. The van der Waals surface area contributed by atoms with Gasteiger partial charge in [-0.3, -0.25) is 4.79 Å². The first-order chi connectivity index (χ1) is 10.2. The molecule has 5 nitrogen and oxygen atoms in total. The molecule has 0 spiro atoms. The van der Waals surface area contributed by atoms with Gasteiger partial charge in [0, 0.05) is 32.6 Å². The molecule has 0 radical (unpaired) electrons. The number of hydrogen-bond acceptors (Lipinski definition) is 5. The number of Topliss-reactive ketones (excluding diaryl/α,β-unsaturated/α-hetero) is 1. The molecule has 118 valence electrons. The van der Waals surface area contributed by atoms with Gasteiger partial charge in [0.1, 0.15) is 11.9 Å². The maximum Gasteiger partial charge on any atom is 0.170 e. The van der Waals surface area contributed by atoms with Crippen LogP contribution in [0, 0.1) is 0 Å². The van der Waals surface area contributed by atoms with E-state index in [9.17, 15) is 4.79 Å². The molecular formula is C16H24O5. The van der Waals surface area contributed by atoms with E-state index < -0.39 is 0 Å². The fourth-order valence-corrected chi connectivity index (χ4v) is 1.87. The molecular weight excluding hydrogens is 272 g/mol. The zero-order chi connectivity index (χ0) is 15.5. The maximum atomic E-state index is 12.1. The van der Waals surface area contributed by atoms with Crippen LogP contribution in [0.5, 0.6) is 0 Å². The summed E-state index contributed by atoms with van der Waals surface area (Å²) in [5.41, 5.74) is 0.512. The van der Waals surface area contributed by atoms with Crippen molar-refractivity contribution in [2.75, 3.05) is 27.4 Å². The number of allylic oxidation sites excluding steroid dienone is 3. The Kier molecular flexibility index (Phi) is 8.28. The summed E-state index contributed by atoms with van der Waals surface area (Å²) in [5, 5.41) is 0. The molecule has 0 aromatic carbocycles. The lowest BCUT2D eigenvalue weighted by Crippen LogP contribution is -2.24. The molecule has 0 fully saturated rings. The molecule has 5 heteroatoms. The minimum Gasteiger partial charge on any atom is -0.504 e. The summed E-state index contributed by atoms with van der Waals surface area (Å²) in [5.74, 6) is 0.582. The summed E-state index contributed by atoms with van der Waals surface area (Å²) in [6.45, 7) is 3.22. The maximum absolute atomic E-state index is 12.1. The Hall–Kier alpha value is -1.75. The molecule has 21 heavy (non-hydrogen) atoms. The van der Waals surface area contributed by atoms with E-state index in [4.69, 9.17) is 18.9 Å². The Morgan fingerprint density at radius 2 is 2.05 bits per heavy atom. The smallest absolute Gasteiger partial charge is 0.170 e. The van der Waals surface area contributed by atoms with Crippen LogP contribution in [0.1, 0.15) is 26.2 Å². The van der Waals surface area contributed by atoms with Gasteiger partial charge in [0.05, 0.1) is 31.8 Å². The number of ether oxygens (including phenoxy) is 4. The first-order valence-corrected chi connectivity index (χ1v) is 7.13. The van der Waals surface area contributed by atoms with Gasteiger partial charge in [-0.25, -0.2) is 0 Å². The van der Waals surface area contributed by atoms with E-state index in [1.54, 1.807) is 25.5 Å². The summed E-state index contributed by atoms with van der Waals surface area (Å²) in [6.07, 6.45) is 8.25. The van der Waals surface area contributed by atoms with E-state index in [1.165, 1.54) is 13.4 Å². The summed E-state index contributed by atoms with van der Waals surface area (Å²) < 4.78 is 21.0. The first-order valence-electron chi connectivity index (χ1n) is 7.13. The number of carbonyl (C=O) groups excluding carboxylic acids is 1. The highest BCUT2D eigenvalue weighted by atomic mass is 16.5. The standard InChI is InChI=1S/C16H24O5/c1-4-13-12-15(17)14(6-10-19-3)16(21-13)7-11-20-9-5-8-18-2/h6-7,10-11,13H,4-5,8-9,12H2,1-3H3/b10-6+,11-7+. The summed E-state index contributed by atoms with van der Waals surface area (Å²) in [4.78, 5) is 12.1. The zero-order valence-electron chi connectivity index (χ0n) is 13.0. The predicted octanol–water partition coefficient (Wildman–Crippen LogP) is 2.74. The van der Waals surface area contributed by atoms with Crippen molar-refractivity contribution >= 4 is 5.78 Å². The van der Waals surface area contributed by atoms with Crippen molar-refractivity contribution in [2.24, 2.45) is 0 Å². The first kappa shape index (κ1) is 17.3. The highest BCUT2D eigenvalue weighted by molar-refractivity contribution is 5.99. The molecule has 0 aromatic rings. The van der Waals surface area contributed by atoms with E-state index in [2.05, 4.69) is 0 Å². The Balaban J connectivity index is 2.71. The van der Waals surface area contributed by atoms with Crippen molar-refractivity contribution < 1.29 is 23.7 Å². The van der Waals surface area contributed by atoms with Crippen LogP contribution in [-0.2, 0) is 23.7 Å². The highest BCUT2D eigenvalue weighted by Gasteiger charge is 2.25. The SMILES string of the molecule is CCC1CC(=O)C(/C=C/OC)=C(/C=C/OCCCOC)O1. The minimum absolute atomic E-state index is 0.0560. The van der Waals surface area contributed by atoms with Crippen LogP contribution in [0.25, 0.3) is 0 Å². The zero-order valence-corrected chi connectivity index (χ0v) is 13.0. The van der Waals surface area contributed by atoms with Gasteiger partial charge in [0.25, 0.3) is 0 Å². The van der Waals surface area contributed by atoms with E-state index >= 15 is 0 Å². The highest BCUT2D eigenvalue weighted by Crippen LogP contribution is 2.24. The van der Waals surface area contributed by atoms with Crippen molar-refractivity contribution in [2.45, 2.75) is 32.3 Å². The molecule has 1 aliphatic rings. The summed E-state index contributed by atoms with van der Waals surface area (Å²) in [7, 11) is 3.19. The van der Waals surface area contributed by atoms with Crippen LogP contribution in [0.15, 0.2) is 36.0 Å². The van der Waals surface area contributed by atoms with Crippen molar-refractivity contribution in [1.82, 2.24) is 0 Å². The van der Waals surface area contributed by atoms with Crippen molar-refractivity contribution in [3.05, 3.63) is 36.0 Å². The lowest BCUT2D eigenvalue weighted by Gasteiger charge is -2.24. The van der Waals surface area contributed by atoms with Crippen LogP contribution in [0.2, 0.25) is 0 Å². The average molecular weight is 296 g/mol. The number of rotatable bonds is 9. The molecule has 0 bridgehead atoms. The lowest BCUT2D eigenvalue weighted by molar-refractivity contribution is -0.119. The number of ketones is 1. The topological polar surface area (TPSA) is 54.0 Å². The second-order valence-electron chi connectivity index (χ2n) is 4.61. The number of carbonyl (C=O) groups is 1. The third-order valence-corrected chi connectivity index (χ3v) is 3.02. The quantitative estimate of drug-likeness (QED) is 0.484. The summed E-state index contributed by atoms with van der Waals surface area (Å²) >= 11 is 0. The molecule has 0 amide bonds.